The van der Waals surface area contributed by atoms with Gasteiger partial charge in [0, 0.05) is 29.9 Å². The molecule has 0 saturated carbocycles. The van der Waals surface area contributed by atoms with Crippen LogP contribution in [0.15, 0.2) is 48.8 Å². The Kier molecular flexibility index (Phi) is 6.22. The van der Waals surface area contributed by atoms with Gasteiger partial charge in [-0.25, -0.2) is 4.79 Å². The third-order valence-electron chi connectivity index (χ3n) is 3.31. The normalized spacial score (nSPS) is 11.7. The summed E-state index contributed by atoms with van der Waals surface area (Å²) in [6.07, 6.45) is 3.97. The van der Waals surface area contributed by atoms with Gasteiger partial charge >= 0.3 is 6.09 Å². The largest absolute Gasteiger partial charge is 0.450 e. The number of carbonyl (C=O) groups excluding carboxylic acids is 1. The zero-order chi connectivity index (χ0) is 15.8. The number of pyridine rings is 1. The lowest BCUT2D eigenvalue weighted by Gasteiger charge is -2.18. The van der Waals surface area contributed by atoms with Crippen LogP contribution in [0.4, 0.5) is 4.79 Å². The van der Waals surface area contributed by atoms with Crippen molar-refractivity contribution in [3.05, 3.63) is 64.9 Å². The molecule has 5 heteroatoms. The average Bonchev–Trinajstić information content (AvgIpc) is 2.53. The van der Waals surface area contributed by atoms with E-state index < -0.39 is 6.09 Å². The van der Waals surface area contributed by atoms with Crippen molar-refractivity contribution in [3.63, 3.8) is 0 Å². The molecule has 0 fully saturated rings. The summed E-state index contributed by atoms with van der Waals surface area (Å²) >= 11 is 5.95. The number of nitrogens with zero attached hydrogens (tertiary/aromatic N) is 1. The number of carbonyl (C=O) groups is 1. The Morgan fingerprint density at radius 2 is 2.09 bits per heavy atom. The molecule has 1 aromatic heterocycles. The quantitative estimate of drug-likeness (QED) is 0.881. The van der Waals surface area contributed by atoms with Crippen LogP contribution in [-0.2, 0) is 11.2 Å². The first-order valence-corrected chi connectivity index (χ1v) is 7.62. The molecule has 2 aromatic rings. The summed E-state index contributed by atoms with van der Waals surface area (Å²) in [5.41, 5.74) is 2.23. The van der Waals surface area contributed by atoms with E-state index in [0.717, 1.165) is 17.5 Å². The molecule has 0 aliphatic carbocycles. The summed E-state index contributed by atoms with van der Waals surface area (Å²) < 4.78 is 4.91. The van der Waals surface area contributed by atoms with Crippen LogP contribution in [0.3, 0.4) is 0 Å². The van der Waals surface area contributed by atoms with Crippen molar-refractivity contribution < 1.29 is 9.53 Å². The molecular formula is C17H19ClN2O2. The minimum atomic E-state index is -0.396. The Morgan fingerprint density at radius 1 is 1.32 bits per heavy atom. The molecule has 22 heavy (non-hydrogen) atoms. The molecule has 2 rings (SSSR count). The van der Waals surface area contributed by atoms with Crippen molar-refractivity contribution >= 4 is 17.7 Å². The van der Waals surface area contributed by atoms with Crippen LogP contribution in [-0.4, -0.2) is 24.2 Å². The number of hydrogen-bond acceptors (Lipinski definition) is 3. The summed E-state index contributed by atoms with van der Waals surface area (Å²) in [6, 6.07) is 11.6. The van der Waals surface area contributed by atoms with Gasteiger partial charge in [-0.2, -0.15) is 0 Å². The van der Waals surface area contributed by atoms with E-state index in [4.69, 9.17) is 16.3 Å². The molecule has 0 saturated heterocycles. The van der Waals surface area contributed by atoms with E-state index in [1.54, 1.807) is 13.1 Å². The number of benzene rings is 1. The molecule has 1 N–H and O–H groups in total. The van der Waals surface area contributed by atoms with Gasteiger partial charge in [-0.1, -0.05) is 29.8 Å². The molecule has 0 aliphatic rings. The molecule has 0 aliphatic heterocycles. The molecular weight excluding hydrogens is 300 g/mol. The maximum atomic E-state index is 11.5. The zero-order valence-electron chi connectivity index (χ0n) is 12.5. The highest BCUT2D eigenvalue weighted by Gasteiger charge is 2.14. The fourth-order valence-corrected chi connectivity index (χ4v) is 2.36. The second kappa shape index (κ2) is 8.39. The second-order valence-corrected chi connectivity index (χ2v) is 5.35. The van der Waals surface area contributed by atoms with E-state index in [1.807, 2.05) is 42.6 Å². The molecule has 1 atom stereocenters. The number of hydrogen-bond donors (Lipinski definition) is 1. The second-order valence-electron chi connectivity index (χ2n) is 4.92. The average molecular weight is 319 g/mol. The SMILES string of the molecule is CCOC(=O)NCC(Cc1cccnc1)c1ccc(Cl)cc1. The van der Waals surface area contributed by atoms with Crippen LogP contribution in [0.2, 0.25) is 5.02 Å². The maximum absolute atomic E-state index is 11.5. The molecule has 116 valence electrons. The van der Waals surface area contributed by atoms with Gasteiger partial charge < -0.3 is 10.1 Å². The van der Waals surface area contributed by atoms with E-state index in [-0.39, 0.29) is 5.92 Å². The molecule has 0 spiro atoms. The van der Waals surface area contributed by atoms with Gasteiger partial charge in [0.25, 0.3) is 0 Å². The van der Waals surface area contributed by atoms with Crippen LogP contribution in [0.1, 0.15) is 24.0 Å². The third-order valence-corrected chi connectivity index (χ3v) is 3.57. The number of halogens is 1. The van der Waals surface area contributed by atoms with Crippen molar-refractivity contribution in [3.8, 4) is 0 Å². The van der Waals surface area contributed by atoms with Crippen molar-refractivity contribution in [2.75, 3.05) is 13.2 Å². The van der Waals surface area contributed by atoms with Crippen molar-refractivity contribution in [1.29, 1.82) is 0 Å². The number of rotatable bonds is 6. The van der Waals surface area contributed by atoms with Crippen molar-refractivity contribution in [1.82, 2.24) is 10.3 Å². The highest BCUT2D eigenvalue weighted by atomic mass is 35.5. The van der Waals surface area contributed by atoms with Gasteiger partial charge in [-0.15, -0.1) is 0 Å². The maximum Gasteiger partial charge on any atom is 0.407 e. The summed E-state index contributed by atoms with van der Waals surface area (Å²) in [5.74, 6) is 0.130. The number of nitrogens with one attached hydrogen (secondary N) is 1. The first kappa shape index (κ1) is 16.3. The Balaban J connectivity index is 2.09. The highest BCUT2D eigenvalue weighted by molar-refractivity contribution is 6.30. The summed E-state index contributed by atoms with van der Waals surface area (Å²) in [5, 5.41) is 3.50. The lowest BCUT2D eigenvalue weighted by Crippen LogP contribution is -2.29. The number of amides is 1. The van der Waals surface area contributed by atoms with Gasteiger partial charge in [0.05, 0.1) is 6.61 Å². The zero-order valence-corrected chi connectivity index (χ0v) is 13.2. The van der Waals surface area contributed by atoms with Crippen molar-refractivity contribution in [2.45, 2.75) is 19.3 Å². The standard InChI is InChI=1S/C17H19ClN2O2/c1-2-22-17(21)20-12-15(10-13-4-3-9-19-11-13)14-5-7-16(18)8-6-14/h3-9,11,15H,2,10,12H2,1H3,(H,20,21). The van der Waals surface area contributed by atoms with Gasteiger partial charge in [0.1, 0.15) is 0 Å². The predicted octanol–water partition coefficient (Wildman–Crippen LogP) is 3.81. The van der Waals surface area contributed by atoms with Crippen LogP contribution < -0.4 is 5.32 Å². The lowest BCUT2D eigenvalue weighted by atomic mass is 9.92. The third kappa shape index (κ3) is 5.04. The van der Waals surface area contributed by atoms with E-state index in [0.29, 0.717) is 18.2 Å². The van der Waals surface area contributed by atoms with E-state index in [2.05, 4.69) is 10.3 Å². The Bertz CT molecular complexity index is 587. The minimum absolute atomic E-state index is 0.130. The monoisotopic (exact) mass is 318 g/mol. The Morgan fingerprint density at radius 3 is 2.73 bits per heavy atom. The first-order valence-electron chi connectivity index (χ1n) is 7.24. The minimum Gasteiger partial charge on any atom is -0.450 e. The summed E-state index contributed by atoms with van der Waals surface area (Å²) in [4.78, 5) is 15.7. The van der Waals surface area contributed by atoms with Crippen LogP contribution >= 0.6 is 11.6 Å². The molecule has 1 unspecified atom stereocenters. The number of ether oxygens (including phenoxy) is 1. The first-order chi connectivity index (χ1) is 10.7. The number of alkyl carbamates (subject to hydrolysis) is 1. The fourth-order valence-electron chi connectivity index (χ4n) is 2.23. The molecule has 4 nitrogen and oxygen atoms in total. The van der Waals surface area contributed by atoms with Crippen molar-refractivity contribution in [2.24, 2.45) is 0 Å². The fraction of sp³-hybridized carbons (Fsp3) is 0.294. The van der Waals surface area contributed by atoms with Gasteiger partial charge in [-0.3, -0.25) is 4.98 Å². The smallest absolute Gasteiger partial charge is 0.407 e. The highest BCUT2D eigenvalue weighted by Crippen LogP contribution is 2.22. The Hall–Kier alpha value is -2.07. The van der Waals surface area contributed by atoms with E-state index in [9.17, 15) is 4.79 Å². The van der Waals surface area contributed by atoms with E-state index in [1.165, 1.54) is 0 Å². The van der Waals surface area contributed by atoms with Crippen LogP contribution in [0.5, 0.6) is 0 Å². The number of aromatic nitrogens is 1. The molecule has 0 radical (unpaired) electrons. The van der Waals surface area contributed by atoms with Crippen LogP contribution in [0.25, 0.3) is 0 Å². The summed E-state index contributed by atoms with van der Waals surface area (Å²) in [7, 11) is 0. The lowest BCUT2D eigenvalue weighted by molar-refractivity contribution is 0.151. The summed E-state index contributed by atoms with van der Waals surface area (Å²) in [6.45, 7) is 2.64. The molecule has 1 aromatic carbocycles. The topological polar surface area (TPSA) is 51.2 Å². The Labute approximate surface area is 135 Å². The van der Waals surface area contributed by atoms with Gasteiger partial charge in [0.2, 0.25) is 0 Å². The molecule has 1 heterocycles. The molecule has 0 bridgehead atoms. The molecule has 1 amide bonds. The van der Waals surface area contributed by atoms with Gasteiger partial charge in [-0.05, 0) is 42.7 Å². The van der Waals surface area contributed by atoms with Gasteiger partial charge in [0.15, 0.2) is 0 Å². The van der Waals surface area contributed by atoms with E-state index >= 15 is 0 Å². The van der Waals surface area contributed by atoms with Crippen LogP contribution in [0, 0.1) is 0 Å². The predicted molar refractivity (Wildman–Crippen MR) is 87.2 cm³/mol.